The molecule has 1 atom stereocenters. The van der Waals surface area contributed by atoms with Crippen LogP contribution < -0.4 is 5.32 Å². The van der Waals surface area contributed by atoms with Crippen molar-refractivity contribution in [1.29, 1.82) is 0 Å². The standard InChI is InChI=1S/C8H13NO/c1-2-3-4-8-7-9-5-6-10-8/h2-4,8-9H,1,5-7H2. The minimum absolute atomic E-state index is 0.242. The maximum Gasteiger partial charge on any atom is 0.0883 e. The highest BCUT2D eigenvalue weighted by atomic mass is 16.5. The van der Waals surface area contributed by atoms with E-state index in [-0.39, 0.29) is 6.10 Å². The lowest BCUT2D eigenvalue weighted by Gasteiger charge is -2.20. The predicted molar refractivity (Wildman–Crippen MR) is 41.9 cm³/mol. The summed E-state index contributed by atoms with van der Waals surface area (Å²) < 4.78 is 5.38. The molecule has 1 aliphatic rings. The van der Waals surface area contributed by atoms with E-state index in [2.05, 4.69) is 11.9 Å². The van der Waals surface area contributed by atoms with Crippen molar-refractivity contribution in [1.82, 2.24) is 5.32 Å². The second-order valence-electron chi connectivity index (χ2n) is 2.23. The van der Waals surface area contributed by atoms with Gasteiger partial charge in [0.15, 0.2) is 0 Å². The number of hydrogen-bond donors (Lipinski definition) is 1. The van der Waals surface area contributed by atoms with Crippen molar-refractivity contribution in [3.05, 3.63) is 24.8 Å². The van der Waals surface area contributed by atoms with Crippen molar-refractivity contribution in [3.63, 3.8) is 0 Å². The van der Waals surface area contributed by atoms with Gasteiger partial charge in [-0.15, -0.1) is 0 Å². The molecule has 0 aromatic rings. The molecule has 1 N–H and O–H groups in total. The maximum atomic E-state index is 5.38. The van der Waals surface area contributed by atoms with Crippen LogP contribution in [-0.2, 0) is 4.74 Å². The van der Waals surface area contributed by atoms with Crippen LogP contribution in [0.1, 0.15) is 0 Å². The topological polar surface area (TPSA) is 21.3 Å². The molecular formula is C8H13NO. The van der Waals surface area contributed by atoms with E-state index in [9.17, 15) is 0 Å². The van der Waals surface area contributed by atoms with Crippen molar-refractivity contribution < 1.29 is 4.74 Å². The number of hydrogen-bond acceptors (Lipinski definition) is 2. The summed E-state index contributed by atoms with van der Waals surface area (Å²) in [7, 11) is 0. The molecule has 1 fully saturated rings. The van der Waals surface area contributed by atoms with Crippen LogP contribution in [0.5, 0.6) is 0 Å². The number of rotatable bonds is 2. The number of nitrogens with one attached hydrogen (secondary N) is 1. The summed E-state index contributed by atoms with van der Waals surface area (Å²) in [6.45, 7) is 6.29. The summed E-state index contributed by atoms with van der Waals surface area (Å²) in [5, 5.41) is 3.23. The van der Waals surface area contributed by atoms with Gasteiger partial charge in [-0.3, -0.25) is 0 Å². The highest BCUT2D eigenvalue weighted by molar-refractivity contribution is 5.02. The minimum Gasteiger partial charge on any atom is -0.371 e. The summed E-state index contributed by atoms with van der Waals surface area (Å²) in [5.41, 5.74) is 0. The van der Waals surface area contributed by atoms with Gasteiger partial charge in [0.25, 0.3) is 0 Å². The van der Waals surface area contributed by atoms with Gasteiger partial charge < -0.3 is 10.1 Å². The number of allylic oxidation sites excluding steroid dienone is 2. The molecule has 1 saturated heterocycles. The average Bonchev–Trinajstić information content (AvgIpc) is 2.03. The van der Waals surface area contributed by atoms with E-state index in [1.54, 1.807) is 6.08 Å². The molecule has 10 heavy (non-hydrogen) atoms. The Morgan fingerprint density at radius 2 is 2.50 bits per heavy atom. The van der Waals surface area contributed by atoms with Crippen LogP contribution in [0.25, 0.3) is 0 Å². The van der Waals surface area contributed by atoms with Gasteiger partial charge in [0.2, 0.25) is 0 Å². The van der Waals surface area contributed by atoms with Crippen molar-refractivity contribution in [2.45, 2.75) is 6.10 Å². The Bertz CT molecular complexity index is 125. The summed E-state index contributed by atoms with van der Waals surface area (Å²) in [6.07, 6.45) is 5.93. The highest BCUT2D eigenvalue weighted by Crippen LogP contribution is 1.96. The number of ether oxygens (including phenoxy) is 1. The van der Waals surface area contributed by atoms with Gasteiger partial charge in [-0.2, -0.15) is 0 Å². The molecule has 1 heterocycles. The molecule has 0 bridgehead atoms. The van der Waals surface area contributed by atoms with E-state index in [0.717, 1.165) is 19.7 Å². The second kappa shape index (κ2) is 4.25. The van der Waals surface area contributed by atoms with Crippen molar-refractivity contribution in [2.24, 2.45) is 0 Å². The zero-order chi connectivity index (χ0) is 7.23. The third-order valence-electron chi connectivity index (χ3n) is 1.42. The lowest BCUT2D eigenvalue weighted by molar-refractivity contribution is 0.0592. The smallest absolute Gasteiger partial charge is 0.0883 e. The van der Waals surface area contributed by atoms with Gasteiger partial charge in [0, 0.05) is 13.1 Å². The van der Waals surface area contributed by atoms with Crippen LogP contribution in [0.15, 0.2) is 24.8 Å². The molecule has 2 nitrogen and oxygen atoms in total. The van der Waals surface area contributed by atoms with Crippen molar-refractivity contribution in [3.8, 4) is 0 Å². The first-order valence-corrected chi connectivity index (χ1v) is 3.55. The van der Waals surface area contributed by atoms with Crippen molar-refractivity contribution >= 4 is 0 Å². The minimum atomic E-state index is 0.242. The van der Waals surface area contributed by atoms with Crippen LogP contribution in [0, 0.1) is 0 Å². The largest absolute Gasteiger partial charge is 0.371 e. The molecule has 1 rings (SSSR count). The molecule has 0 aliphatic carbocycles. The second-order valence-corrected chi connectivity index (χ2v) is 2.23. The van der Waals surface area contributed by atoms with Gasteiger partial charge in [0.1, 0.15) is 0 Å². The first kappa shape index (κ1) is 7.51. The van der Waals surface area contributed by atoms with Crippen molar-refractivity contribution in [2.75, 3.05) is 19.7 Å². The molecule has 56 valence electrons. The normalized spacial score (nSPS) is 27.0. The van der Waals surface area contributed by atoms with Crippen LogP contribution >= 0.6 is 0 Å². The Balaban J connectivity index is 2.25. The fourth-order valence-corrected chi connectivity index (χ4v) is 0.912. The van der Waals surface area contributed by atoms with E-state index in [1.807, 2.05) is 12.2 Å². The predicted octanol–water partition coefficient (Wildman–Crippen LogP) is 0.717. The quantitative estimate of drug-likeness (QED) is 0.569. The molecule has 1 unspecified atom stereocenters. The third kappa shape index (κ3) is 2.33. The highest BCUT2D eigenvalue weighted by Gasteiger charge is 2.07. The first-order chi connectivity index (χ1) is 4.93. The van der Waals surface area contributed by atoms with E-state index < -0.39 is 0 Å². The summed E-state index contributed by atoms with van der Waals surface area (Å²) in [6, 6.07) is 0. The Labute approximate surface area is 61.6 Å². The summed E-state index contributed by atoms with van der Waals surface area (Å²) in [4.78, 5) is 0. The summed E-state index contributed by atoms with van der Waals surface area (Å²) in [5.74, 6) is 0. The molecule has 0 aromatic heterocycles. The lowest BCUT2D eigenvalue weighted by atomic mass is 10.3. The van der Waals surface area contributed by atoms with E-state index in [1.165, 1.54) is 0 Å². The molecule has 0 aromatic carbocycles. The van der Waals surface area contributed by atoms with Crippen LogP contribution in [0.4, 0.5) is 0 Å². The fourth-order valence-electron chi connectivity index (χ4n) is 0.912. The van der Waals surface area contributed by atoms with Crippen LogP contribution in [-0.4, -0.2) is 25.8 Å². The van der Waals surface area contributed by atoms with E-state index in [0.29, 0.717) is 0 Å². The SMILES string of the molecule is C=CC=CC1CNCCO1. The number of morpholine rings is 1. The van der Waals surface area contributed by atoms with E-state index in [4.69, 9.17) is 4.74 Å². The lowest BCUT2D eigenvalue weighted by Crippen LogP contribution is -2.37. The van der Waals surface area contributed by atoms with Gasteiger partial charge in [-0.05, 0) is 0 Å². The maximum absolute atomic E-state index is 5.38. The monoisotopic (exact) mass is 139 g/mol. The molecule has 0 amide bonds. The molecule has 0 saturated carbocycles. The molecule has 0 radical (unpaired) electrons. The summed E-state index contributed by atoms with van der Waals surface area (Å²) >= 11 is 0. The molecular weight excluding hydrogens is 126 g/mol. The zero-order valence-corrected chi connectivity index (χ0v) is 6.05. The molecule has 1 aliphatic heterocycles. The van der Waals surface area contributed by atoms with E-state index >= 15 is 0 Å². The van der Waals surface area contributed by atoms with Gasteiger partial charge in [-0.25, -0.2) is 0 Å². The van der Waals surface area contributed by atoms with Gasteiger partial charge >= 0.3 is 0 Å². The average molecular weight is 139 g/mol. The fraction of sp³-hybridized carbons (Fsp3) is 0.500. The van der Waals surface area contributed by atoms with Gasteiger partial charge in [-0.1, -0.05) is 24.8 Å². The van der Waals surface area contributed by atoms with Crippen LogP contribution in [0.3, 0.4) is 0 Å². The molecule has 0 spiro atoms. The van der Waals surface area contributed by atoms with Gasteiger partial charge in [0.05, 0.1) is 12.7 Å². The third-order valence-corrected chi connectivity index (χ3v) is 1.42. The Morgan fingerprint density at radius 1 is 1.60 bits per heavy atom. The molecule has 2 heteroatoms. The first-order valence-electron chi connectivity index (χ1n) is 3.55. The van der Waals surface area contributed by atoms with Crippen LogP contribution in [0.2, 0.25) is 0 Å². The Kier molecular flexibility index (Phi) is 3.19. The Morgan fingerprint density at radius 3 is 3.10 bits per heavy atom. The zero-order valence-electron chi connectivity index (χ0n) is 6.05. The Hall–Kier alpha value is -0.600.